The summed E-state index contributed by atoms with van der Waals surface area (Å²) in [6.07, 6.45) is 1.68. The van der Waals surface area contributed by atoms with Crippen LogP contribution in [0.5, 0.6) is 5.95 Å². The van der Waals surface area contributed by atoms with E-state index in [4.69, 9.17) is 12.2 Å². The minimum Gasteiger partial charge on any atom is -0.539 e. The Kier molecular flexibility index (Phi) is 5.26. The van der Waals surface area contributed by atoms with Gasteiger partial charge in [-0.25, -0.2) is 0 Å². The number of carbonyl (C=O) groups excluding carboxylic acids is 2. The Morgan fingerprint density at radius 3 is 2.69 bits per heavy atom. The highest BCUT2D eigenvalue weighted by atomic mass is 79.9. The van der Waals surface area contributed by atoms with Crippen molar-refractivity contribution in [3.8, 4) is 5.95 Å². The summed E-state index contributed by atoms with van der Waals surface area (Å²) in [6, 6.07) is 6.44. The molecule has 1 saturated heterocycles. The lowest BCUT2D eigenvalue weighted by atomic mass is 10.1. The van der Waals surface area contributed by atoms with Crippen LogP contribution in [0, 0.1) is 0 Å². The Morgan fingerprint density at radius 1 is 1.41 bits per heavy atom. The van der Waals surface area contributed by atoms with Gasteiger partial charge in [0, 0.05) is 16.2 Å². The standard InChI is InChI=1S/C18H18BrN5O4S/c1-22-14(17(27)28-21-22)9-23-13(16(26)24(18(23)29)12-6-7-12)8-15(25)20-11-4-2-10(19)3-5-11/h2-5,12-13H,6-9H2,1H3,(H-,20,21,25,27). The SMILES string of the molecule is C[n+]1noc([O-])c1CN1C(=S)N(C2CC2)C(=O)C1CC(=O)Nc1ccc(Br)cc1. The van der Waals surface area contributed by atoms with Crippen LogP contribution in [-0.4, -0.2) is 44.1 Å². The Balaban J connectivity index is 1.54. The number of aromatic nitrogens is 2. The van der Waals surface area contributed by atoms with Gasteiger partial charge < -0.3 is 19.8 Å². The molecule has 152 valence electrons. The van der Waals surface area contributed by atoms with E-state index in [0.717, 1.165) is 17.3 Å². The third-order valence-corrected chi connectivity index (χ3v) is 5.92. The summed E-state index contributed by atoms with van der Waals surface area (Å²) in [6.45, 7) is 0.0445. The fourth-order valence-electron chi connectivity index (χ4n) is 3.29. The Morgan fingerprint density at radius 2 is 2.10 bits per heavy atom. The molecule has 2 heterocycles. The van der Waals surface area contributed by atoms with Crippen LogP contribution in [-0.2, 0) is 23.2 Å². The second-order valence-electron chi connectivity index (χ2n) is 7.06. The molecule has 1 aliphatic heterocycles. The van der Waals surface area contributed by atoms with Crippen LogP contribution in [0.2, 0.25) is 0 Å². The lowest BCUT2D eigenvalue weighted by molar-refractivity contribution is -0.746. The maximum atomic E-state index is 13.0. The molecule has 2 amide bonds. The minimum atomic E-state index is -0.784. The number of halogens is 1. The van der Waals surface area contributed by atoms with Gasteiger partial charge in [0.2, 0.25) is 5.91 Å². The molecule has 2 fully saturated rings. The summed E-state index contributed by atoms with van der Waals surface area (Å²) in [5, 5.41) is 18.7. The van der Waals surface area contributed by atoms with Crippen LogP contribution in [0.3, 0.4) is 0 Å². The van der Waals surface area contributed by atoms with E-state index in [2.05, 4.69) is 31.0 Å². The summed E-state index contributed by atoms with van der Waals surface area (Å²) in [5.41, 5.74) is 0.889. The fraction of sp³-hybridized carbons (Fsp3) is 0.389. The zero-order valence-corrected chi connectivity index (χ0v) is 17.9. The van der Waals surface area contributed by atoms with Gasteiger partial charge in [0.05, 0.1) is 11.7 Å². The summed E-state index contributed by atoms with van der Waals surface area (Å²) in [7, 11) is 1.58. The Hall–Kier alpha value is -2.53. The van der Waals surface area contributed by atoms with Gasteiger partial charge in [-0.3, -0.25) is 14.5 Å². The van der Waals surface area contributed by atoms with Gasteiger partial charge in [-0.2, -0.15) is 0 Å². The Bertz CT molecular complexity index is 956. The lowest BCUT2D eigenvalue weighted by Gasteiger charge is -2.22. The molecule has 1 atom stereocenters. The van der Waals surface area contributed by atoms with Crippen molar-refractivity contribution in [3.63, 3.8) is 0 Å². The zero-order valence-electron chi connectivity index (χ0n) is 15.5. The monoisotopic (exact) mass is 479 g/mol. The lowest BCUT2D eigenvalue weighted by Crippen LogP contribution is -2.42. The number of rotatable bonds is 6. The molecule has 11 heteroatoms. The van der Waals surface area contributed by atoms with Crippen molar-refractivity contribution >= 4 is 50.8 Å². The molecule has 1 aromatic heterocycles. The van der Waals surface area contributed by atoms with Gasteiger partial charge in [0.25, 0.3) is 11.6 Å². The van der Waals surface area contributed by atoms with E-state index in [1.807, 2.05) is 12.1 Å². The van der Waals surface area contributed by atoms with E-state index in [0.29, 0.717) is 10.8 Å². The first-order valence-corrected chi connectivity index (χ1v) is 10.3. The predicted octanol–water partition coefficient (Wildman–Crippen LogP) is 0.824. The number of nitrogens with one attached hydrogen (secondary N) is 1. The number of amides is 2. The van der Waals surface area contributed by atoms with Gasteiger partial charge in [-0.05, 0) is 49.3 Å². The normalized spacial score (nSPS) is 19.2. The first-order chi connectivity index (χ1) is 13.8. The third kappa shape index (κ3) is 3.97. The van der Waals surface area contributed by atoms with Gasteiger partial charge in [-0.15, -0.1) is 0 Å². The number of hydrogen-bond donors (Lipinski definition) is 1. The fourth-order valence-corrected chi connectivity index (χ4v) is 3.98. The molecule has 2 aromatic rings. The molecular weight excluding hydrogens is 462 g/mol. The molecular formula is C18H18BrN5O4S. The summed E-state index contributed by atoms with van der Waals surface area (Å²) in [5.74, 6) is -1.12. The summed E-state index contributed by atoms with van der Waals surface area (Å²) >= 11 is 8.87. The van der Waals surface area contributed by atoms with Crippen molar-refractivity contribution in [1.29, 1.82) is 0 Å². The number of nitrogens with zero attached hydrogens (tertiary/aromatic N) is 4. The van der Waals surface area contributed by atoms with Gasteiger partial charge in [0.15, 0.2) is 18.1 Å². The molecule has 1 N–H and O–H groups in total. The molecule has 1 unspecified atom stereocenters. The van der Waals surface area contributed by atoms with Crippen molar-refractivity contribution in [1.82, 2.24) is 15.1 Å². The number of benzene rings is 1. The van der Waals surface area contributed by atoms with Crippen LogP contribution in [0.15, 0.2) is 33.3 Å². The summed E-state index contributed by atoms with van der Waals surface area (Å²) in [4.78, 5) is 28.8. The molecule has 2 aliphatic rings. The zero-order chi connectivity index (χ0) is 20.7. The predicted molar refractivity (Wildman–Crippen MR) is 106 cm³/mol. The molecule has 1 saturated carbocycles. The highest BCUT2D eigenvalue weighted by molar-refractivity contribution is 9.10. The van der Waals surface area contributed by atoms with Crippen LogP contribution in [0.25, 0.3) is 0 Å². The van der Waals surface area contributed by atoms with Crippen molar-refractivity contribution < 1.29 is 23.9 Å². The smallest absolute Gasteiger partial charge is 0.252 e. The van der Waals surface area contributed by atoms with Crippen molar-refractivity contribution in [2.75, 3.05) is 5.32 Å². The first-order valence-electron chi connectivity index (χ1n) is 9.06. The first kappa shape index (κ1) is 19.8. The molecule has 1 aromatic carbocycles. The number of aryl methyl sites for hydroxylation is 1. The number of carbonyl (C=O) groups is 2. The maximum absolute atomic E-state index is 13.0. The van der Waals surface area contributed by atoms with E-state index < -0.39 is 12.0 Å². The van der Waals surface area contributed by atoms with Gasteiger partial charge >= 0.3 is 0 Å². The van der Waals surface area contributed by atoms with Crippen LogP contribution >= 0.6 is 28.1 Å². The van der Waals surface area contributed by atoms with Crippen molar-refractivity contribution in [3.05, 3.63) is 34.4 Å². The van der Waals surface area contributed by atoms with E-state index in [-0.39, 0.29) is 36.5 Å². The number of thiocarbonyl (C=S) groups is 1. The second-order valence-corrected chi connectivity index (χ2v) is 8.34. The molecule has 9 nitrogen and oxygen atoms in total. The van der Waals surface area contributed by atoms with Crippen LogP contribution < -0.4 is 15.1 Å². The van der Waals surface area contributed by atoms with Crippen LogP contribution in [0.4, 0.5) is 5.69 Å². The van der Waals surface area contributed by atoms with Gasteiger partial charge in [-0.1, -0.05) is 20.6 Å². The van der Waals surface area contributed by atoms with Crippen molar-refractivity contribution in [2.45, 2.75) is 37.9 Å². The average molecular weight is 480 g/mol. The van der Waals surface area contributed by atoms with Crippen LogP contribution in [0.1, 0.15) is 25.0 Å². The van der Waals surface area contributed by atoms with Crippen molar-refractivity contribution in [2.24, 2.45) is 7.05 Å². The highest BCUT2D eigenvalue weighted by Gasteiger charge is 2.49. The average Bonchev–Trinajstić information content (AvgIpc) is 3.42. The molecule has 4 rings (SSSR count). The molecule has 0 bridgehead atoms. The van der Waals surface area contributed by atoms with E-state index in [1.165, 1.54) is 4.68 Å². The van der Waals surface area contributed by atoms with Gasteiger partial charge in [0.1, 0.15) is 12.6 Å². The topological polar surface area (TPSA) is 106 Å². The third-order valence-electron chi connectivity index (χ3n) is 4.96. The minimum absolute atomic E-state index is 0.0445. The summed E-state index contributed by atoms with van der Waals surface area (Å²) < 4.78 is 6.88. The highest BCUT2D eigenvalue weighted by Crippen LogP contribution is 2.34. The molecule has 0 spiro atoms. The molecule has 1 aliphatic carbocycles. The van der Waals surface area contributed by atoms with E-state index in [9.17, 15) is 14.7 Å². The Labute approximate surface area is 180 Å². The van der Waals surface area contributed by atoms with E-state index in [1.54, 1.807) is 29.0 Å². The molecule has 29 heavy (non-hydrogen) atoms. The molecule has 0 radical (unpaired) electrons. The quantitative estimate of drug-likeness (QED) is 0.482. The maximum Gasteiger partial charge on any atom is 0.252 e. The number of anilines is 1. The largest absolute Gasteiger partial charge is 0.539 e. The number of hydrogen-bond acceptors (Lipinski definition) is 6. The van der Waals surface area contributed by atoms with E-state index >= 15 is 0 Å². The second kappa shape index (κ2) is 7.71.